The molecule has 0 aliphatic rings. The van der Waals surface area contributed by atoms with Crippen LogP contribution in [-0.2, 0) is 4.74 Å². The Hall–Kier alpha value is -1.61. The molecule has 1 aromatic rings. The molecule has 0 fully saturated rings. The second-order valence-corrected chi connectivity index (χ2v) is 3.66. The third kappa shape index (κ3) is 2.94. The molecule has 0 aliphatic heterocycles. The molecule has 3 nitrogen and oxygen atoms in total. The van der Waals surface area contributed by atoms with Crippen molar-refractivity contribution in [2.75, 3.05) is 25.7 Å². The van der Waals surface area contributed by atoms with Crippen LogP contribution in [0.4, 0.5) is 5.69 Å². The number of methoxy groups -OCH3 is 1. The molecule has 0 aliphatic carbocycles. The number of likely N-dealkylation sites (N-methyl/N-ethyl adjacent to an activating group) is 1. The zero-order valence-corrected chi connectivity index (χ0v) is 9.99. The Bertz CT molecular complexity index is 399. The number of benzene rings is 1. The fraction of sp³-hybridized carbons (Fsp3) is 0.308. The molecule has 0 spiro atoms. The first-order chi connectivity index (χ1) is 7.56. The van der Waals surface area contributed by atoms with Gasteiger partial charge in [0, 0.05) is 31.1 Å². The van der Waals surface area contributed by atoms with Crippen LogP contribution in [0.3, 0.4) is 0 Å². The van der Waals surface area contributed by atoms with Gasteiger partial charge in [-0.25, -0.2) is 0 Å². The summed E-state index contributed by atoms with van der Waals surface area (Å²) < 4.78 is 5.02. The maximum atomic E-state index is 11.3. The lowest BCUT2D eigenvalue weighted by Gasteiger charge is -2.21. The molecule has 0 radical (unpaired) electrons. The highest BCUT2D eigenvalue weighted by Crippen LogP contribution is 2.18. The number of carbonyl (C=O) groups excluding carboxylic acids is 1. The van der Waals surface area contributed by atoms with E-state index in [1.54, 1.807) is 20.1 Å². The van der Waals surface area contributed by atoms with Gasteiger partial charge in [-0.2, -0.15) is 0 Å². The predicted octanol–water partition coefficient (Wildman–Crippen LogP) is 2.49. The van der Waals surface area contributed by atoms with Crippen molar-refractivity contribution in [3.63, 3.8) is 0 Å². The van der Waals surface area contributed by atoms with E-state index >= 15 is 0 Å². The zero-order chi connectivity index (χ0) is 12.1. The van der Waals surface area contributed by atoms with E-state index in [1.165, 1.54) is 0 Å². The Kier molecular flexibility index (Phi) is 4.26. The lowest BCUT2D eigenvalue weighted by molar-refractivity contribution is 0.101. The van der Waals surface area contributed by atoms with Crippen molar-refractivity contribution >= 4 is 11.5 Å². The third-order valence-corrected chi connectivity index (χ3v) is 2.43. The van der Waals surface area contributed by atoms with Crippen LogP contribution in [-0.4, -0.2) is 26.5 Å². The van der Waals surface area contributed by atoms with Crippen molar-refractivity contribution in [1.29, 1.82) is 0 Å². The second-order valence-electron chi connectivity index (χ2n) is 3.66. The highest BCUT2D eigenvalue weighted by atomic mass is 16.5. The van der Waals surface area contributed by atoms with Gasteiger partial charge >= 0.3 is 0 Å². The first kappa shape index (κ1) is 12.5. The van der Waals surface area contributed by atoms with Gasteiger partial charge in [-0.1, -0.05) is 18.7 Å². The van der Waals surface area contributed by atoms with E-state index < -0.39 is 0 Å². The van der Waals surface area contributed by atoms with Crippen molar-refractivity contribution in [2.24, 2.45) is 0 Å². The second kappa shape index (κ2) is 5.47. The molecule has 0 amide bonds. The molecule has 0 unspecified atom stereocenters. The Labute approximate surface area is 96.3 Å². The average molecular weight is 219 g/mol. The summed E-state index contributed by atoms with van der Waals surface area (Å²) in [6.07, 6.45) is 0. The molecule has 16 heavy (non-hydrogen) atoms. The Morgan fingerprint density at radius 2 is 2.19 bits per heavy atom. The number of ketones is 1. The molecule has 1 aromatic carbocycles. The van der Waals surface area contributed by atoms with Crippen LogP contribution in [0.15, 0.2) is 36.5 Å². The van der Waals surface area contributed by atoms with Crippen LogP contribution in [0.25, 0.3) is 0 Å². The van der Waals surface area contributed by atoms with Gasteiger partial charge < -0.3 is 9.64 Å². The molecule has 1 rings (SSSR count). The van der Waals surface area contributed by atoms with Crippen LogP contribution < -0.4 is 4.90 Å². The minimum Gasteiger partial charge on any atom is -0.379 e. The van der Waals surface area contributed by atoms with Crippen molar-refractivity contribution in [3.8, 4) is 0 Å². The van der Waals surface area contributed by atoms with Crippen LogP contribution >= 0.6 is 0 Å². The lowest BCUT2D eigenvalue weighted by Crippen LogP contribution is -2.19. The molecule has 0 heterocycles. The summed E-state index contributed by atoms with van der Waals surface area (Å²) in [6, 6.07) is 7.46. The van der Waals surface area contributed by atoms with Gasteiger partial charge in [0.1, 0.15) is 0 Å². The summed E-state index contributed by atoms with van der Waals surface area (Å²) in [5.74, 6) is 0.0626. The highest BCUT2D eigenvalue weighted by Gasteiger charge is 2.06. The summed E-state index contributed by atoms with van der Waals surface area (Å²) in [5.41, 5.74) is 2.49. The maximum absolute atomic E-state index is 11.3. The number of hydrogen-bond acceptors (Lipinski definition) is 3. The third-order valence-electron chi connectivity index (χ3n) is 2.43. The molecule has 3 heteroatoms. The quantitative estimate of drug-likeness (QED) is 0.712. The smallest absolute Gasteiger partial charge is 0.159 e. The summed E-state index contributed by atoms with van der Waals surface area (Å²) in [7, 11) is 3.53. The normalized spacial score (nSPS) is 9.94. The van der Waals surface area contributed by atoms with Crippen LogP contribution in [0.2, 0.25) is 0 Å². The average Bonchev–Trinajstić information content (AvgIpc) is 2.28. The van der Waals surface area contributed by atoms with Crippen LogP contribution in [0.5, 0.6) is 0 Å². The largest absolute Gasteiger partial charge is 0.379 e. The highest BCUT2D eigenvalue weighted by molar-refractivity contribution is 5.95. The monoisotopic (exact) mass is 219 g/mol. The molecule has 0 aromatic heterocycles. The van der Waals surface area contributed by atoms with Gasteiger partial charge in [0.05, 0.1) is 6.61 Å². The molecule has 0 atom stereocenters. The van der Waals surface area contributed by atoms with Gasteiger partial charge in [0.25, 0.3) is 0 Å². The number of anilines is 1. The summed E-state index contributed by atoms with van der Waals surface area (Å²) >= 11 is 0. The van der Waals surface area contributed by atoms with Crippen molar-refractivity contribution in [1.82, 2.24) is 0 Å². The SMILES string of the molecule is C=C(COC)N(C)c1cccc(C(C)=O)c1. The van der Waals surface area contributed by atoms with Gasteiger partial charge in [-0.3, -0.25) is 4.79 Å². The van der Waals surface area contributed by atoms with Gasteiger partial charge in [-0.15, -0.1) is 0 Å². The van der Waals surface area contributed by atoms with E-state index in [2.05, 4.69) is 6.58 Å². The lowest BCUT2D eigenvalue weighted by atomic mass is 10.1. The molecule has 86 valence electrons. The van der Waals surface area contributed by atoms with Gasteiger partial charge in [0.2, 0.25) is 0 Å². The number of ether oxygens (including phenoxy) is 1. The minimum absolute atomic E-state index is 0.0626. The first-order valence-electron chi connectivity index (χ1n) is 5.07. The summed E-state index contributed by atoms with van der Waals surface area (Å²) in [4.78, 5) is 13.2. The van der Waals surface area contributed by atoms with Crippen molar-refractivity contribution in [3.05, 3.63) is 42.1 Å². The predicted molar refractivity (Wildman–Crippen MR) is 65.9 cm³/mol. The number of Topliss-reactive ketones (excluding diaryl/α,β-unsaturated/α-hetero) is 1. The van der Waals surface area contributed by atoms with Crippen molar-refractivity contribution < 1.29 is 9.53 Å². The molecule has 0 bridgehead atoms. The van der Waals surface area contributed by atoms with E-state index in [9.17, 15) is 4.79 Å². The van der Waals surface area contributed by atoms with Crippen molar-refractivity contribution in [2.45, 2.75) is 6.92 Å². The number of rotatable bonds is 5. The number of nitrogens with zero attached hydrogens (tertiary/aromatic N) is 1. The molecule has 0 saturated carbocycles. The molecule has 0 saturated heterocycles. The Balaban J connectivity index is 2.91. The molecular formula is C13H17NO2. The van der Waals surface area contributed by atoms with Gasteiger partial charge in [0.15, 0.2) is 5.78 Å². The van der Waals surface area contributed by atoms with Gasteiger partial charge in [-0.05, 0) is 19.1 Å². The molecular weight excluding hydrogens is 202 g/mol. The Morgan fingerprint density at radius 3 is 2.75 bits per heavy atom. The van der Waals surface area contributed by atoms with Crippen LogP contribution in [0, 0.1) is 0 Å². The van der Waals surface area contributed by atoms with E-state index in [1.807, 2.05) is 30.1 Å². The molecule has 0 N–H and O–H groups in total. The maximum Gasteiger partial charge on any atom is 0.159 e. The van der Waals surface area contributed by atoms with E-state index in [-0.39, 0.29) is 5.78 Å². The number of hydrogen-bond donors (Lipinski definition) is 0. The zero-order valence-electron chi connectivity index (χ0n) is 9.99. The standard InChI is InChI=1S/C13H17NO2/c1-10(9-16-4)14(3)13-7-5-6-12(8-13)11(2)15/h5-8H,1,9H2,2-4H3. The fourth-order valence-electron chi connectivity index (χ4n) is 1.38. The van der Waals surface area contributed by atoms with E-state index in [4.69, 9.17) is 4.74 Å². The number of carbonyl (C=O) groups is 1. The fourth-order valence-corrected chi connectivity index (χ4v) is 1.38. The van der Waals surface area contributed by atoms with E-state index in [0.29, 0.717) is 12.2 Å². The topological polar surface area (TPSA) is 29.5 Å². The minimum atomic E-state index is 0.0626. The Morgan fingerprint density at radius 1 is 1.50 bits per heavy atom. The van der Waals surface area contributed by atoms with Crippen LogP contribution in [0.1, 0.15) is 17.3 Å². The first-order valence-corrected chi connectivity index (χ1v) is 5.07. The van der Waals surface area contributed by atoms with E-state index in [0.717, 1.165) is 11.4 Å². The summed E-state index contributed by atoms with van der Waals surface area (Å²) in [6.45, 7) is 5.94. The summed E-state index contributed by atoms with van der Waals surface area (Å²) in [5, 5.41) is 0.